The molecule has 2 rings (SSSR count). The maximum Gasteiger partial charge on any atom is 0.256 e. The normalized spacial score (nSPS) is 36.3. The van der Waals surface area contributed by atoms with Crippen LogP contribution < -0.4 is 0 Å². The molecule has 2 heterocycles. The van der Waals surface area contributed by atoms with Gasteiger partial charge in [-0.05, 0) is 20.3 Å². The second-order valence-corrected chi connectivity index (χ2v) is 6.88. The predicted octanol–water partition coefficient (Wildman–Crippen LogP) is 2.64. The third kappa shape index (κ3) is 3.61. The summed E-state index contributed by atoms with van der Waals surface area (Å²) in [5, 5.41) is 0. The highest BCUT2D eigenvalue weighted by Crippen LogP contribution is 2.39. The number of carbonyl (C=O) groups is 1. The van der Waals surface area contributed by atoms with Gasteiger partial charge in [-0.3, -0.25) is 4.79 Å². The second kappa shape index (κ2) is 6.76. The molecule has 0 aromatic carbocycles. The van der Waals surface area contributed by atoms with Crippen molar-refractivity contribution in [3.8, 4) is 0 Å². The summed E-state index contributed by atoms with van der Waals surface area (Å²) in [4.78, 5) is 12.8. The molecule has 0 radical (unpaired) electrons. The Hall–Kier alpha value is -0.530. The Morgan fingerprint density at radius 2 is 2.00 bits per heavy atom. The summed E-state index contributed by atoms with van der Waals surface area (Å²) in [6.45, 7) is 9.91. The summed E-state index contributed by atoms with van der Waals surface area (Å²) < 4.78 is 28.9. The Morgan fingerprint density at radius 3 is 2.48 bits per heavy atom. The number of carbonyl (C=O) groups excluding carboxylic acids is 1. The Balaban J connectivity index is 2.10. The molecule has 2 aliphatic rings. The Labute approximate surface area is 138 Å². The Morgan fingerprint density at radius 1 is 1.30 bits per heavy atom. The number of ether oxygens (including phenoxy) is 5. The molecule has 23 heavy (non-hydrogen) atoms. The van der Waals surface area contributed by atoms with Gasteiger partial charge in [-0.2, -0.15) is 0 Å². The minimum atomic E-state index is -1.30. The van der Waals surface area contributed by atoms with Crippen LogP contribution in [-0.4, -0.2) is 49.6 Å². The van der Waals surface area contributed by atoms with E-state index in [2.05, 4.69) is 6.92 Å². The Bertz CT molecular complexity index is 431. The summed E-state index contributed by atoms with van der Waals surface area (Å²) in [6.07, 6.45) is 2.07. The molecule has 0 aromatic heterocycles. The number of hydrogen-bond donors (Lipinski definition) is 0. The zero-order chi connectivity index (χ0) is 17.3. The molecule has 0 aromatic rings. The zero-order valence-corrected chi connectivity index (χ0v) is 15.1. The van der Waals surface area contributed by atoms with E-state index in [1.54, 1.807) is 21.0 Å². The highest BCUT2D eigenvalue weighted by Gasteiger charge is 2.58. The van der Waals surface area contributed by atoms with Gasteiger partial charge < -0.3 is 23.7 Å². The third-order valence-electron chi connectivity index (χ3n) is 4.76. The van der Waals surface area contributed by atoms with Gasteiger partial charge >= 0.3 is 0 Å². The van der Waals surface area contributed by atoms with Crippen molar-refractivity contribution >= 4 is 5.78 Å². The molecule has 2 aliphatic heterocycles. The molecule has 6 nitrogen and oxygen atoms in total. The van der Waals surface area contributed by atoms with Crippen LogP contribution in [0.1, 0.15) is 53.9 Å². The molecule has 2 saturated heterocycles. The van der Waals surface area contributed by atoms with Gasteiger partial charge in [0, 0.05) is 19.4 Å². The first-order valence-electron chi connectivity index (χ1n) is 8.48. The van der Waals surface area contributed by atoms with E-state index in [0.717, 1.165) is 12.8 Å². The quantitative estimate of drug-likeness (QED) is 0.698. The monoisotopic (exact) mass is 330 g/mol. The summed E-state index contributed by atoms with van der Waals surface area (Å²) >= 11 is 0. The minimum Gasteiger partial charge on any atom is -0.353 e. The fourth-order valence-electron chi connectivity index (χ4n) is 3.27. The first-order valence-corrected chi connectivity index (χ1v) is 8.48. The molecule has 1 unspecified atom stereocenters. The lowest BCUT2D eigenvalue weighted by Gasteiger charge is -2.42. The molecule has 2 fully saturated rings. The number of ketones is 1. The first-order chi connectivity index (χ1) is 10.7. The molecule has 4 atom stereocenters. The Kier molecular flexibility index (Phi) is 5.53. The standard InChI is InChI=1S/C17H30O6/c1-7-9-16(8-2,19-6)22-13-10-20-17(14(18)12(13)3)11-21-15(4,5)23-17/h12-13H,7-11H2,1-6H3/t12-,13-,16?,17+/m1/s1. The van der Waals surface area contributed by atoms with Crippen LogP contribution in [0, 0.1) is 5.92 Å². The molecule has 6 heteroatoms. The van der Waals surface area contributed by atoms with E-state index >= 15 is 0 Å². The molecular weight excluding hydrogens is 300 g/mol. The van der Waals surface area contributed by atoms with Crippen LogP contribution in [0.3, 0.4) is 0 Å². The lowest BCUT2D eigenvalue weighted by Crippen LogP contribution is -2.58. The molecule has 0 amide bonds. The van der Waals surface area contributed by atoms with Crippen LogP contribution in [0.25, 0.3) is 0 Å². The van der Waals surface area contributed by atoms with Gasteiger partial charge in [0.25, 0.3) is 5.79 Å². The van der Waals surface area contributed by atoms with Crippen molar-refractivity contribution in [1.82, 2.24) is 0 Å². The number of methoxy groups -OCH3 is 1. The smallest absolute Gasteiger partial charge is 0.256 e. The summed E-state index contributed by atoms with van der Waals surface area (Å²) in [6, 6.07) is 0. The molecule has 0 N–H and O–H groups in total. The lowest BCUT2D eigenvalue weighted by atomic mass is 9.90. The van der Waals surface area contributed by atoms with Gasteiger partial charge in [0.1, 0.15) is 6.61 Å². The fraction of sp³-hybridized carbons (Fsp3) is 0.941. The van der Waals surface area contributed by atoms with E-state index in [-0.39, 0.29) is 31.0 Å². The van der Waals surface area contributed by atoms with E-state index < -0.39 is 17.4 Å². The predicted molar refractivity (Wildman–Crippen MR) is 83.8 cm³/mol. The van der Waals surface area contributed by atoms with Crippen molar-refractivity contribution in [3.05, 3.63) is 0 Å². The average molecular weight is 330 g/mol. The minimum absolute atomic E-state index is 0.119. The van der Waals surface area contributed by atoms with Crippen LogP contribution >= 0.6 is 0 Å². The number of Topliss-reactive ketones (excluding diaryl/α,β-unsaturated/α-hetero) is 1. The summed E-state index contributed by atoms with van der Waals surface area (Å²) in [7, 11) is 1.65. The third-order valence-corrected chi connectivity index (χ3v) is 4.76. The number of hydrogen-bond acceptors (Lipinski definition) is 6. The van der Waals surface area contributed by atoms with Crippen molar-refractivity contribution in [2.45, 2.75) is 77.3 Å². The van der Waals surface area contributed by atoms with Crippen molar-refractivity contribution < 1.29 is 28.5 Å². The van der Waals surface area contributed by atoms with E-state index in [9.17, 15) is 4.79 Å². The van der Waals surface area contributed by atoms with E-state index in [1.807, 2.05) is 13.8 Å². The fourth-order valence-corrected chi connectivity index (χ4v) is 3.27. The maximum absolute atomic E-state index is 12.8. The van der Waals surface area contributed by atoms with Crippen molar-refractivity contribution in [1.29, 1.82) is 0 Å². The number of rotatable bonds is 6. The summed E-state index contributed by atoms with van der Waals surface area (Å²) in [5.74, 6) is -3.26. The average Bonchev–Trinajstić information content (AvgIpc) is 2.84. The van der Waals surface area contributed by atoms with Crippen molar-refractivity contribution in [2.24, 2.45) is 5.92 Å². The molecular formula is C17H30O6. The zero-order valence-electron chi connectivity index (χ0n) is 15.1. The van der Waals surface area contributed by atoms with Crippen molar-refractivity contribution in [2.75, 3.05) is 20.3 Å². The SMILES string of the molecule is CCCC(CC)(OC)O[C@@H]1CO[C@]2(COC(C)(C)O2)C(=O)[C@@H]1C. The maximum atomic E-state index is 12.8. The lowest BCUT2D eigenvalue weighted by molar-refractivity contribution is -0.305. The highest BCUT2D eigenvalue weighted by molar-refractivity contribution is 5.89. The van der Waals surface area contributed by atoms with Gasteiger partial charge in [0.15, 0.2) is 17.4 Å². The first kappa shape index (κ1) is 18.8. The van der Waals surface area contributed by atoms with E-state index in [1.165, 1.54) is 0 Å². The highest BCUT2D eigenvalue weighted by atomic mass is 16.8. The molecule has 0 aliphatic carbocycles. The molecule has 1 spiro atoms. The van der Waals surface area contributed by atoms with Gasteiger partial charge in [-0.15, -0.1) is 0 Å². The summed E-state index contributed by atoms with van der Waals surface area (Å²) in [5.41, 5.74) is 0. The van der Waals surface area contributed by atoms with Crippen LogP contribution in [-0.2, 0) is 28.5 Å². The molecule has 0 saturated carbocycles. The van der Waals surface area contributed by atoms with Crippen LogP contribution in [0.15, 0.2) is 0 Å². The van der Waals surface area contributed by atoms with E-state index in [0.29, 0.717) is 6.42 Å². The second-order valence-electron chi connectivity index (χ2n) is 6.88. The van der Waals surface area contributed by atoms with Crippen LogP contribution in [0.4, 0.5) is 0 Å². The van der Waals surface area contributed by atoms with Gasteiger partial charge in [-0.1, -0.05) is 27.2 Å². The van der Waals surface area contributed by atoms with Gasteiger partial charge in [0.2, 0.25) is 0 Å². The van der Waals surface area contributed by atoms with E-state index in [4.69, 9.17) is 23.7 Å². The van der Waals surface area contributed by atoms with Crippen LogP contribution in [0.2, 0.25) is 0 Å². The van der Waals surface area contributed by atoms with Gasteiger partial charge in [-0.25, -0.2) is 0 Å². The van der Waals surface area contributed by atoms with Gasteiger partial charge in [0.05, 0.1) is 12.7 Å². The van der Waals surface area contributed by atoms with Crippen molar-refractivity contribution in [3.63, 3.8) is 0 Å². The molecule has 134 valence electrons. The topological polar surface area (TPSA) is 63.2 Å². The largest absolute Gasteiger partial charge is 0.353 e. The molecule has 0 bridgehead atoms. The van der Waals surface area contributed by atoms with Crippen LogP contribution in [0.5, 0.6) is 0 Å².